The van der Waals surface area contributed by atoms with E-state index in [-0.39, 0.29) is 37.6 Å². The highest BCUT2D eigenvalue weighted by atomic mass is 19.4. The van der Waals surface area contributed by atoms with Crippen molar-refractivity contribution in [2.24, 2.45) is 0 Å². The molecule has 0 unspecified atom stereocenters. The Bertz CT molecular complexity index is 496. The molecule has 0 aliphatic heterocycles. The zero-order valence-electron chi connectivity index (χ0n) is 13.1. The molecule has 0 amide bonds. The van der Waals surface area contributed by atoms with E-state index in [0.29, 0.717) is 12.1 Å². The van der Waals surface area contributed by atoms with Crippen molar-refractivity contribution >= 4 is 0 Å². The molecule has 9 heteroatoms. The molecule has 24 heavy (non-hydrogen) atoms. The molecule has 0 fully saturated rings. The number of halogens is 6. The van der Waals surface area contributed by atoms with Gasteiger partial charge in [0.2, 0.25) is 0 Å². The molecule has 1 N–H and O–H groups in total. The van der Waals surface area contributed by atoms with Crippen LogP contribution in [0, 0.1) is 0 Å². The first-order valence-electron chi connectivity index (χ1n) is 7.15. The maximum atomic E-state index is 12.9. The van der Waals surface area contributed by atoms with Crippen molar-refractivity contribution in [2.75, 3.05) is 13.2 Å². The number of aromatic hydroxyl groups is 1. The van der Waals surface area contributed by atoms with Crippen LogP contribution in [0.2, 0.25) is 0 Å². The molecule has 0 aliphatic rings. The number of alkyl halides is 6. The predicted molar refractivity (Wildman–Crippen MR) is 73.6 cm³/mol. The van der Waals surface area contributed by atoms with E-state index in [4.69, 9.17) is 9.47 Å². The maximum Gasteiger partial charge on any atom is 0.404 e. The summed E-state index contributed by atoms with van der Waals surface area (Å²) in [6.07, 6.45) is -11.0. The van der Waals surface area contributed by atoms with Crippen LogP contribution in [0.3, 0.4) is 0 Å². The van der Waals surface area contributed by atoms with Gasteiger partial charge < -0.3 is 14.6 Å². The lowest BCUT2D eigenvalue weighted by Crippen LogP contribution is -2.34. The third-order valence-corrected chi connectivity index (χ3v) is 3.20. The fourth-order valence-electron chi connectivity index (χ4n) is 2.16. The normalized spacial score (nSPS) is 12.9. The highest BCUT2D eigenvalue weighted by molar-refractivity contribution is 5.45. The van der Waals surface area contributed by atoms with Crippen LogP contribution in [0.4, 0.5) is 26.3 Å². The van der Waals surface area contributed by atoms with Gasteiger partial charge in [0.25, 0.3) is 0 Å². The molecular weight excluding hydrogens is 342 g/mol. The van der Waals surface area contributed by atoms with Crippen LogP contribution in [0.1, 0.15) is 36.5 Å². The summed E-state index contributed by atoms with van der Waals surface area (Å²) in [6.45, 7) is 2.97. The Kier molecular flexibility index (Phi) is 6.91. The molecule has 3 nitrogen and oxygen atoms in total. The molecule has 0 aromatic heterocycles. The third-order valence-electron chi connectivity index (χ3n) is 3.20. The number of phenols is 1. The SMILES string of the molecule is CCOCc1cc(C(C(F)(F)F)C(F)(F)F)cc(COCC)c1O. The Balaban J connectivity index is 3.43. The Labute approximate surface area is 135 Å². The van der Waals surface area contributed by atoms with E-state index in [0.717, 1.165) is 0 Å². The lowest BCUT2D eigenvalue weighted by Gasteiger charge is -2.25. The summed E-state index contributed by atoms with van der Waals surface area (Å²) in [5.41, 5.74) is -1.30. The van der Waals surface area contributed by atoms with Gasteiger partial charge in [0.05, 0.1) is 13.2 Å². The van der Waals surface area contributed by atoms with E-state index in [1.165, 1.54) is 0 Å². The molecule has 0 saturated carbocycles. The fraction of sp³-hybridized carbons (Fsp3) is 0.600. The number of ether oxygens (including phenoxy) is 2. The number of hydrogen-bond donors (Lipinski definition) is 1. The number of hydrogen-bond acceptors (Lipinski definition) is 3. The van der Waals surface area contributed by atoms with Crippen molar-refractivity contribution in [1.29, 1.82) is 0 Å². The molecule has 1 aromatic rings. The van der Waals surface area contributed by atoms with E-state index in [1.54, 1.807) is 13.8 Å². The van der Waals surface area contributed by atoms with Crippen LogP contribution in [0.15, 0.2) is 12.1 Å². The van der Waals surface area contributed by atoms with Crippen LogP contribution < -0.4 is 0 Å². The van der Waals surface area contributed by atoms with E-state index >= 15 is 0 Å². The second kappa shape index (κ2) is 8.06. The number of benzene rings is 1. The molecule has 0 aliphatic carbocycles. The van der Waals surface area contributed by atoms with Crippen LogP contribution in [-0.4, -0.2) is 30.7 Å². The van der Waals surface area contributed by atoms with E-state index < -0.39 is 29.6 Å². The first-order chi connectivity index (χ1) is 11.0. The second-order valence-corrected chi connectivity index (χ2v) is 4.98. The Morgan fingerprint density at radius 1 is 0.875 bits per heavy atom. The zero-order chi connectivity index (χ0) is 18.5. The Hall–Kier alpha value is -1.48. The molecule has 138 valence electrons. The van der Waals surface area contributed by atoms with Gasteiger partial charge in [0.1, 0.15) is 5.75 Å². The second-order valence-electron chi connectivity index (χ2n) is 4.98. The van der Waals surface area contributed by atoms with Gasteiger partial charge in [-0.2, -0.15) is 26.3 Å². The summed E-state index contributed by atoms with van der Waals surface area (Å²) in [4.78, 5) is 0. The standard InChI is InChI=1S/C15H18F6O3/c1-3-23-7-10-5-9(6-11(12(10)22)8-24-4-2)13(14(16,17)18)15(19,20)21/h5-6,13,22H,3-4,7-8H2,1-2H3. The smallest absolute Gasteiger partial charge is 0.404 e. The van der Waals surface area contributed by atoms with Crippen molar-refractivity contribution in [2.45, 2.75) is 45.3 Å². The van der Waals surface area contributed by atoms with E-state index in [1.807, 2.05) is 0 Å². The summed E-state index contributed by atoms with van der Waals surface area (Å²) in [7, 11) is 0. The lowest BCUT2D eigenvalue weighted by atomic mass is 9.93. The average molecular weight is 360 g/mol. The summed E-state index contributed by atoms with van der Waals surface area (Å²) in [6, 6.07) is 1.35. The molecule has 1 aromatic carbocycles. The minimum atomic E-state index is -5.51. The topological polar surface area (TPSA) is 38.7 Å². The van der Waals surface area contributed by atoms with Crippen molar-refractivity contribution in [3.63, 3.8) is 0 Å². The van der Waals surface area contributed by atoms with Gasteiger partial charge in [-0.3, -0.25) is 0 Å². The van der Waals surface area contributed by atoms with Crippen LogP contribution in [-0.2, 0) is 22.7 Å². The predicted octanol–water partition coefficient (Wildman–Crippen LogP) is 4.67. The minimum Gasteiger partial charge on any atom is -0.507 e. The molecule has 0 saturated heterocycles. The van der Waals surface area contributed by atoms with Gasteiger partial charge in [-0.05, 0) is 31.5 Å². The number of phenolic OH excluding ortho intramolecular Hbond substituents is 1. The molecule has 0 heterocycles. The minimum absolute atomic E-state index is 0.150. The highest BCUT2D eigenvalue weighted by Gasteiger charge is 2.57. The monoisotopic (exact) mass is 360 g/mol. The summed E-state index contributed by atoms with van der Waals surface area (Å²) >= 11 is 0. The Morgan fingerprint density at radius 2 is 1.25 bits per heavy atom. The van der Waals surface area contributed by atoms with Crippen molar-refractivity contribution < 1.29 is 40.9 Å². The van der Waals surface area contributed by atoms with Crippen LogP contribution in [0.5, 0.6) is 5.75 Å². The van der Waals surface area contributed by atoms with Crippen LogP contribution in [0.25, 0.3) is 0 Å². The molecule has 0 spiro atoms. The highest BCUT2D eigenvalue weighted by Crippen LogP contribution is 2.47. The van der Waals surface area contributed by atoms with Gasteiger partial charge in [-0.15, -0.1) is 0 Å². The molecule has 0 atom stereocenters. The van der Waals surface area contributed by atoms with E-state index in [9.17, 15) is 31.4 Å². The molecule has 1 rings (SSSR count). The van der Waals surface area contributed by atoms with Gasteiger partial charge in [-0.1, -0.05) is 0 Å². The average Bonchev–Trinajstić information content (AvgIpc) is 2.42. The zero-order valence-corrected chi connectivity index (χ0v) is 13.1. The maximum absolute atomic E-state index is 12.9. The fourth-order valence-corrected chi connectivity index (χ4v) is 2.16. The molecule has 0 radical (unpaired) electrons. The number of rotatable bonds is 7. The van der Waals surface area contributed by atoms with E-state index in [2.05, 4.69) is 0 Å². The van der Waals surface area contributed by atoms with Crippen LogP contribution >= 0.6 is 0 Å². The van der Waals surface area contributed by atoms with Gasteiger partial charge in [-0.25, -0.2) is 0 Å². The van der Waals surface area contributed by atoms with Gasteiger partial charge in [0.15, 0.2) is 5.92 Å². The first kappa shape index (κ1) is 20.6. The third kappa shape index (κ3) is 5.27. The largest absolute Gasteiger partial charge is 0.507 e. The lowest BCUT2D eigenvalue weighted by molar-refractivity contribution is -0.253. The van der Waals surface area contributed by atoms with Crippen molar-refractivity contribution in [3.8, 4) is 5.75 Å². The summed E-state index contributed by atoms with van der Waals surface area (Å²) < 4.78 is 87.6. The van der Waals surface area contributed by atoms with Crippen molar-refractivity contribution in [1.82, 2.24) is 0 Å². The molecular formula is C15H18F6O3. The summed E-state index contributed by atoms with van der Waals surface area (Å²) in [5.74, 6) is -4.07. The Morgan fingerprint density at radius 3 is 1.54 bits per heavy atom. The summed E-state index contributed by atoms with van der Waals surface area (Å²) in [5, 5.41) is 10.0. The quantitative estimate of drug-likeness (QED) is 0.718. The first-order valence-corrected chi connectivity index (χ1v) is 7.15. The molecule has 0 bridgehead atoms. The van der Waals surface area contributed by atoms with Crippen molar-refractivity contribution in [3.05, 3.63) is 28.8 Å². The van der Waals surface area contributed by atoms with Gasteiger partial charge in [0, 0.05) is 24.3 Å². The van der Waals surface area contributed by atoms with Gasteiger partial charge >= 0.3 is 12.4 Å².